The van der Waals surface area contributed by atoms with Crippen LogP contribution in [0.5, 0.6) is 0 Å². The summed E-state index contributed by atoms with van der Waals surface area (Å²) in [6, 6.07) is 7.58. The van der Waals surface area contributed by atoms with Gasteiger partial charge in [-0.3, -0.25) is 15.0 Å². The van der Waals surface area contributed by atoms with E-state index in [2.05, 4.69) is 21.2 Å². The van der Waals surface area contributed by atoms with Crippen molar-refractivity contribution < 1.29 is 14.3 Å². The molecule has 0 radical (unpaired) electrons. The maximum absolute atomic E-state index is 12.7. The first-order valence-electron chi connectivity index (χ1n) is 9.99. The van der Waals surface area contributed by atoms with Crippen LogP contribution in [0, 0.1) is 5.92 Å². The van der Waals surface area contributed by atoms with E-state index in [9.17, 15) is 9.59 Å². The number of nitrogens with zero attached hydrogens (tertiary/aromatic N) is 2. The standard InChI is InChI=1S/C21H29N3O3/c1-15-19(25)24(14-16-6-7-16)21(22-15)8-10-23(11-9-21)13-17-4-3-5-18(12-17)20(26)27-2/h3-5,12,15-16,22H,6-11,13-14H2,1-2H3. The Bertz CT molecular complexity index is 723. The van der Waals surface area contributed by atoms with E-state index < -0.39 is 0 Å². The van der Waals surface area contributed by atoms with E-state index in [0.29, 0.717) is 11.5 Å². The van der Waals surface area contributed by atoms with Crippen molar-refractivity contribution >= 4 is 11.9 Å². The predicted molar refractivity (Wildman–Crippen MR) is 102 cm³/mol. The van der Waals surface area contributed by atoms with Crippen molar-refractivity contribution in [2.24, 2.45) is 5.92 Å². The molecule has 6 nitrogen and oxygen atoms in total. The molecule has 3 aliphatic rings. The van der Waals surface area contributed by atoms with Crippen LogP contribution in [0.25, 0.3) is 0 Å². The van der Waals surface area contributed by atoms with Crippen LogP contribution in [-0.4, -0.2) is 60.1 Å². The van der Waals surface area contributed by atoms with Gasteiger partial charge in [0.15, 0.2) is 0 Å². The summed E-state index contributed by atoms with van der Waals surface area (Å²) < 4.78 is 4.81. The summed E-state index contributed by atoms with van der Waals surface area (Å²) in [5.41, 5.74) is 1.55. The fraction of sp³-hybridized carbons (Fsp3) is 0.619. The molecule has 1 amide bonds. The normalized spacial score (nSPS) is 25.2. The zero-order chi connectivity index (χ0) is 19.0. The second kappa shape index (κ2) is 7.24. The summed E-state index contributed by atoms with van der Waals surface area (Å²) in [6.45, 7) is 5.60. The number of amides is 1. The van der Waals surface area contributed by atoms with Crippen molar-refractivity contribution in [3.05, 3.63) is 35.4 Å². The molecule has 2 aliphatic heterocycles. The molecule has 3 fully saturated rings. The van der Waals surface area contributed by atoms with E-state index in [1.54, 1.807) is 6.07 Å². The number of rotatable bonds is 5. The number of likely N-dealkylation sites (tertiary alicyclic amines) is 1. The van der Waals surface area contributed by atoms with E-state index in [4.69, 9.17) is 4.74 Å². The number of carbonyl (C=O) groups excluding carboxylic acids is 2. The maximum atomic E-state index is 12.7. The van der Waals surface area contributed by atoms with Gasteiger partial charge in [-0.2, -0.15) is 0 Å². The van der Waals surface area contributed by atoms with E-state index in [-0.39, 0.29) is 23.6 Å². The average Bonchev–Trinajstić information content (AvgIpc) is 3.47. The lowest BCUT2D eigenvalue weighted by molar-refractivity contribution is -0.133. The van der Waals surface area contributed by atoms with Crippen LogP contribution >= 0.6 is 0 Å². The van der Waals surface area contributed by atoms with E-state index in [1.807, 2.05) is 19.1 Å². The Morgan fingerprint density at radius 2 is 2.04 bits per heavy atom. The Hall–Kier alpha value is -1.92. The molecular formula is C21H29N3O3. The van der Waals surface area contributed by atoms with Crippen LogP contribution < -0.4 is 5.32 Å². The quantitative estimate of drug-likeness (QED) is 0.802. The van der Waals surface area contributed by atoms with Gasteiger partial charge in [-0.1, -0.05) is 12.1 Å². The van der Waals surface area contributed by atoms with Gasteiger partial charge < -0.3 is 9.64 Å². The lowest BCUT2D eigenvalue weighted by Gasteiger charge is -2.45. The molecule has 1 N–H and O–H groups in total. The van der Waals surface area contributed by atoms with Gasteiger partial charge in [-0.25, -0.2) is 4.79 Å². The van der Waals surface area contributed by atoms with Crippen LogP contribution in [0.1, 0.15) is 48.5 Å². The largest absolute Gasteiger partial charge is 0.465 e. The molecule has 6 heteroatoms. The van der Waals surface area contributed by atoms with Crippen LogP contribution in [0.3, 0.4) is 0 Å². The molecule has 1 aromatic carbocycles. The van der Waals surface area contributed by atoms with E-state index in [0.717, 1.165) is 44.6 Å². The summed E-state index contributed by atoms with van der Waals surface area (Å²) in [5, 5.41) is 3.61. The molecule has 1 aliphatic carbocycles. The van der Waals surface area contributed by atoms with Gasteiger partial charge in [0, 0.05) is 26.2 Å². The summed E-state index contributed by atoms with van der Waals surface area (Å²) in [6.07, 6.45) is 4.42. The highest BCUT2D eigenvalue weighted by Gasteiger charge is 2.51. The number of benzene rings is 1. The molecule has 1 unspecified atom stereocenters. The van der Waals surface area contributed by atoms with Crippen LogP contribution in [0.15, 0.2) is 24.3 Å². The zero-order valence-electron chi connectivity index (χ0n) is 16.2. The highest BCUT2D eigenvalue weighted by molar-refractivity contribution is 5.89. The summed E-state index contributed by atoms with van der Waals surface area (Å²) in [5.74, 6) is 0.672. The minimum atomic E-state index is -0.298. The van der Waals surface area contributed by atoms with Gasteiger partial charge in [0.05, 0.1) is 24.4 Å². The Balaban J connectivity index is 1.40. The van der Waals surface area contributed by atoms with Crippen LogP contribution in [0.4, 0.5) is 0 Å². The number of hydrogen-bond acceptors (Lipinski definition) is 5. The third-order valence-corrected chi connectivity index (χ3v) is 6.21. The zero-order valence-corrected chi connectivity index (χ0v) is 16.2. The van der Waals surface area contributed by atoms with Crippen molar-refractivity contribution in [2.45, 2.75) is 50.9 Å². The monoisotopic (exact) mass is 371 g/mol. The van der Waals surface area contributed by atoms with Gasteiger partial charge in [0.25, 0.3) is 0 Å². The number of hydrogen-bond donors (Lipinski definition) is 1. The number of ether oxygens (including phenoxy) is 1. The van der Waals surface area contributed by atoms with Crippen molar-refractivity contribution in [3.8, 4) is 0 Å². The highest BCUT2D eigenvalue weighted by Crippen LogP contribution is 2.38. The van der Waals surface area contributed by atoms with Crippen LogP contribution in [0.2, 0.25) is 0 Å². The smallest absolute Gasteiger partial charge is 0.337 e. The van der Waals surface area contributed by atoms with Crippen LogP contribution in [-0.2, 0) is 16.1 Å². The second-order valence-electron chi connectivity index (χ2n) is 8.26. The molecule has 27 heavy (non-hydrogen) atoms. The number of esters is 1. The topological polar surface area (TPSA) is 61.9 Å². The minimum Gasteiger partial charge on any atom is -0.465 e. The first-order chi connectivity index (χ1) is 13.0. The molecule has 1 spiro atoms. The Labute approximate surface area is 160 Å². The molecule has 0 bridgehead atoms. The van der Waals surface area contributed by atoms with Gasteiger partial charge >= 0.3 is 5.97 Å². The number of nitrogens with one attached hydrogen (secondary N) is 1. The third-order valence-electron chi connectivity index (χ3n) is 6.21. The molecule has 2 saturated heterocycles. The second-order valence-corrected chi connectivity index (χ2v) is 8.26. The lowest BCUT2D eigenvalue weighted by atomic mass is 9.95. The summed E-state index contributed by atoms with van der Waals surface area (Å²) in [7, 11) is 1.41. The molecule has 0 aromatic heterocycles. The molecule has 1 aromatic rings. The Morgan fingerprint density at radius 3 is 2.70 bits per heavy atom. The van der Waals surface area contributed by atoms with Crippen molar-refractivity contribution in [1.82, 2.24) is 15.1 Å². The number of piperidine rings is 1. The van der Waals surface area contributed by atoms with Crippen molar-refractivity contribution in [2.75, 3.05) is 26.7 Å². The van der Waals surface area contributed by atoms with E-state index >= 15 is 0 Å². The fourth-order valence-electron chi connectivity index (χ4n) is 4.48. The fourth-order valence-corrected chi connectivity index (χ4v) is 4.48. The van der Waals surface area contributed by atoms with Gasteiger partial charge in [0.1, 0.15) is 0 Å². The SMILES string of the molecule is COC(=O)c1cccc(CN2CCC3(CC2)NC(C)C(=O)N3CC2CC2)c1. The average molecular weight is 371 g/mol. The molecule has 1 saturated carbocycles. The van der Waals surface area contributed by atoms with Gasteiger partial charge in [0.2, 0.25) is 5.91 Å². The minimum absolute atomic E-state index is 0.0768. The van der Waals surface area contributed by atoms with Crippen molar-refractivity contribution in [3.63, 3.8) is 0 Å². The molecule has 146 valence electrons. The lowest BCUT2D eigenvalue weighted by Crippen LogP contribution is -2.59. The number of methoxy groups -OCH3 is 1. The van der Waals surface area contributed by atoms with E-state index in [1.165, 1.54) is 20.0 Å². The first-order valence-corrected chi connectivity index (χ1v) is 9.99. The summed E-state index contributed by atoms with van der Waals surface area (Å²) >= 11 is 0. The molecule has 2 heterocycles. The number of carbonyl (C=O) groups is 2. The third kappa shape index (κ3) is 3.73. The van der Waals surface area contributed by atoms with Gasteiger partial charge in [-0.05, 0) is 56.2 Å². The van der Waals surface area contributed by atoms with Crippen molar-refractivity contribution in [1.29, 1.82) is 0 Å². The summed E-state index contributed by atoms with van der Waals surface area (Å²) in [4.78, 5) is 28.9. The predicted octanol–water partition coefficient (Wildman–Crippen LogP) is 2.00. The molecular weight excluding hydrogens is 342 g/mol. The first kappa shape index (κ1) is 18.4. The molecule has 1 atom stereocenters. The highest BCUT2D eigenvalue weighted by atomic mass is 16.5. The molecule has 4 rings (SSSR count). The van der Waals surface area contributed by atoms with Gasteiger partial charge in [-0.15, -0.1) is 0 Å². The maximum Gasteiger partial charge on any atom is 0.337 e. The Morgan fingerprint density at radius 1 is 1.30 bits per heavy atom. The Kier molecular flexibility index (Phi) is 4.95.